The second kappa shape index (κ2) is 6.95. The lowest BCUT2D eigenvalue weighted by Crippen LogP contribution is -2.00. The van der Waals surface area contributed by atoms with Crippen molar-refractivity contribution in [3.63, 3.8) is 0 Å². The maximum Gasteiger partial charge on any atom is 0.143 e. The van der Waals surface area contributed by atoms with Crippen molar-refractivity contribution in [2.45, 2.75) is 27.7 Å². The Morgan fingerprint density at radius 1 is 0.926 bits per heavy atom. The highest BCUT2D eigenvalue weighted by atomic mass is 35.5. The minimum Gasteiger partial charge on any atom is -0.339 e. The summed E-state index contributed by atoms with van der Waals surface area (Å²) in [6.07, 6.45) is 1.63. The molecule has 0 aliphatic rings. The first kappa shape index (κ1) is 18.0. The number of aryl methyl sites for hydroxylation is 4. The van der Waals surface area contributed by atoms with E-state index in [1.807, 2.05) is 12.1 Å². The number of benzene rings is 2. The molecule has 3 nitrogen and oxygen atoms in total. The number of anilines is 2. The number of rotatable bonds is 3. The van der Waals surface area contributed by atoms with Crippen LogP contribution >= 0.6 is 22.9 Å². The molecule has 2 aromatic heterocycles. The van der Waals surface area contributed by atoms with Crippen LogP contribution in [0.5, 0.6) is 0 Å². The van der Waals surface area contributed by atoms with Crippen LogP contribution in [0.4, 0.5) is 11.5 Å². The van der Waals surface area contributed by atoms with Crippen molar-refractivity contribution < 1.29 is 0 Å². The molecule has 5 heteroatoms. The molecule has 4 rings (SSSR count). The molecule has 27 heavy (non-hydrogen) atoms. The average molecular weight is 394 g/mol. The van der Waals surface area contributed by atoms with Crippen molar-refractivity contribution in [2.24, 2.45) is 0 Å². The van der Waals surface area contributed by atoms with E-state index in [1.165, 1.54) is 21.6 Å². The molecule has 0 bridgehead atoms. The van der Waals surface area contributed by atoms with E-state index in [9.17, 15) is 0 Å². The van der Waals surface area contributed by atoms with Crippen LogP contribution in [0.1, 0.15) is 21.6 Å². The van der Waals surface area contributed by atoms with E-state index >= 15 is 0 Å². The van der Waals surface area contributed by atoms with Gasteiger partial charge in [-0.25, -0.2) is 9.97 Å². The van der Waals surface area contributed by atoms with Crippen LogP contribution in [0.3, 0.4) is 0 Å². The largest absolute Gasteiger partial charge is 0.339 e. The number of hydrogen-bond acceptors (Lipinski definition) is 4. The van der Waals surface area contributed by atoms with Crippen LogP contribution in [0.15, 0.2) is 42.7 Å². The van der Waals surface area contributed by atoms with Gasteiger partial charge in [0.25, 0.3) is 0 Å². The van der Waals surface area contributed by atoms with Gasteiger partial charge in [-0.3, -0.25) is 0 Å². The predicted molar refractivity (Wildman–Crippen MR) is 117 cm³/mol. The molecule has 136 valence electrons. The number of thiophene rings is 1. The van der Waals surface area contributed by atoms with Crippen LogP contribution in [-0.4, -0.2) is 9.97 Å². The first-order valence-corrected chi connectivity index (χ1v) is 9.98. The lowest BCUT2D eigenvalue weighted by atomic mass is 10.0. The SMILES string of the molecule is Cc1cc(C)c(Nc2ncnc3sc(C)c(-c4ccc(Cl)cc4)c23)c(C)c1. The van der Waals surface area contributed by atoms with Crippen molar-refractivity contribution in [1.82, 2.24) is 9.97 Å². The summed E-state index contributed by atoms with van der Waals surface area (Å²) in [5.74, 6) is 0.837. The van der Waals surface area contributed by atoms with Crippen LogP contribution in [0.2, 0.25) is 5.02 Å². The summed E-state index contributed by atoms with van der Waals surface area (Å²) in [4.78, 5) is 11.3. The highest BCUT2D eigenvalue weighted by Gasteiger charge is 2.18. The van der Waals surface area contributed by atoms with Crippen molar-refractivity contribution in [2.75, 3.05) is 5.32 Å². The van der Waals surface area contributed by atoms with E-state index in [-0.39, 0.29) is 0 Å². The maximum atomic E-state index is 6.08. The minimum absolute atomic E-state index is 0.733. The third kappa shape index (κ3) is 3.31. The third-order valence-corrected chi connectivity index (χ3v) is 5.98. The number of halogens is 1. The van der Waals surface area contributed by atoms with Gasteiger partial charge in [-0.15, -0.1) is 11.3 Å². The average Bonchev–Trinajstić information content (AvgIpc) is 2.95. The summed E-state index contributed by atoms with van der Waals surface area (Å²) in [5.41, 5.74) is 7.07. The van der Waals surface area contributed by atoms with E-state index < -0.39 is 0 Å². The Labute approximate surface area is 168 Å². The Balaban J connectivity index is 1.91. The van der Waals surface area contributed by atoms with Gasteiger partial charge in [0.1, 0.15) is 17.0 Å². The fourth-order valence-corrected chi connectivity index (χ4v) is 4.74. The third-order valence-electron chi connectivity index (χ3n) is 4.72. The molecular formula is C22H20ClN3S. The Morgan fingerprint density at radius 2 is 1.59 bits per heavy atom. The van der Waals surface area contributed by atoms with Gasteiger partial charge in [-0.05, 0) is 56.5 Å². The van der Waals surface area contributed by atoms with E-state index in [1.54, 1.807) is 17.7 Å². The summed E-state index contributed by atoms with van der Waals surface area (Å²) in [5, 5.41) is 5.37. The summed E-state index contributed by atoms with van der Waals surface area (Å²) in [6.45, 7) is 8.50. The van der Waals surface area contributed by atoms with Crippen molar-refractivity contribution in [1.29, 1.82) is 0 Å². The quantitative estimate of drug-likeness (QED) is 0.407. The van der Waals surface area contributed by atoms with E-state index in [2.05, 4.69) is 67.2 Å². The second-order valence-electron chi connectivity index (χ2n) is 6.84. The fraction of sp³-hybridized carbons (Fsp3) is 0.182. The normalized spacial score (nSPS) is 11.1. The molecule has 0 spiro atoms. The minimum atomic E-state index is 0.733. The van der Waals surface area contributed by atoms with Gasteiger partial charge < -0.3 is 5.32 Å². The molecule has 0 aliphatic heterocycles. The van der Waals surface area contributed by atoms with Gasteiger partial charge in [0.05, 0.1) is 5.39 Å². The summed E-state index contributed by atoms with van der Waals surface area (Å²) in [7, 11) is 0. The smallest absolute Gasteiger partial charge is 0.143 e. The molecule has 0 atom stereocenters. The number of nitrogens with one attached hydrogen (secondary N) is 1. The molecule has 0 aliphatic carbocycles. The summed E-state index contributed by atoms with van der Waals surface area (Å²) in [6, 6.07) is 12.3. The lowest BCUT2D eigenvalue weighted by Gasteiger charge is -2.14. The molecule has 0 unspecified atom stereocenters. The zero-order valence-corrected chi connectivity index (χ0v) is 17.3. The van der Waals surface area contributed by atoms with Crippen molar-refractivity contribution in [3.05, 3.63) is 69.3 Å². The van der Waals surface area contributed by atoms with Gasteiger partial charge >= 0.3 is 0 Å². The standard InChI is InChI=1S/C22H20ClN3S/c1-12-9-13(2)20(14(3)10-12)26-21-19-18(16-5-7-17(23)8-6-16)15(4)27-22(19)25-11-24-21/h5-11H,1-4H3,(H,24,25,26). The highest BCUT2D eigenvalue weighted by Crippen LogP contribution is 2.41. The van der Waals surface area contributed by atoms with Crippen LogP contribution < -0.4 is 5.32 Å². The molecule has 0 saturated carbocycles. The van der Waals surface area contributed by atoms with Crippen molar-refractivity contribution >= 4 is 44.7 Å². The van der Waals surface area contributed by atoms with Gasteiger partial charge in [0.2, 0.25) is 0 Å². The van der Waals surface area contributed by atoms with Crippen molar-refractivity contribution in [3.8, 4) is 11.1 Å². The molecule has 2 heterocycles. The molecule has 0 radical (unpaired) electrons. The van der Waals surface area contributed by atoms with E-state index in [4.69, 9.17) is 11.6 Å². The Morgan fingerprint density at radius 3 is 2.26 bits per heavy atom. The van der Waals surface area contributed by atoms with Crippen LogP contribution in [0.25, 0.3) is 21.3 Å². The van der Waals surface area contributed by atoms with E-state index in [0.717, 1.165) is 37.9 Å². The molecular weight excluding hydrogens is 374 g/mol. The van der Waals surface area contributed by atoms with Gasteiger partial charge in [0, 0.05) is 21.2 Å². The Bertz CT molecular complexity index is 1120. The molecule has 0 amide bonds. The number of hydrogen-bond donors (Lipinski definition) is 1. The number of nitrogens with zero attached hydrogens (tertiary/aromatic N) is 2. The Kier molecular flexibility index (Phi) is 4.62. The molecule has 2 aromatic carbocycles. The fourth-order valence-electron chi connectivity index (χ4n) is 3.60. The number of aromatic nitrogens is 2. The molecule has 0 fully saturated rings. The Hall–Kier alpha value is -2.43. The highest BCUT2D eigenvalue weighted by molar-refractivity contribution is 7.19. The maximum absolute atomic E-state index is 6.08. The second-order valence-corrected chi connectivity index (χ2v) is 8.48. The van der Waals surface area contributed by atoms with Gasteiger partial charge in [-0.1, -0.05) is 41.4 Å². The molecule has 4 aromatic rings. The predicted octanol–water partition coefficient (Wildman–Crippen LogP) is 6.99. The van der Waals surface area contributed by atoms with Gasteiger partial charge in [0.15, 0.2) is 0 Å². The summed E-state index contributed by atoms with van der Waals surface area (Å²) < 4.78 is 0. The lowest BCUT2D eigenvalue weighted by molar-refractivity contribution is 1.22. The van der Waals surface area contributed by atoms with Crippen LogP contribution in [-0.2, 0) is 0 Å². The molecule has 1 N–H and O–H groups in total. The zero-order chi connectivity index (χ0) is 19.1. The van der Waals surface area contributed by atoms with E-state index in [0.29, 0.717) is 0 Å². The summed E-state index contributed by atoms with van der Waals surface area (Å²) >= 11 is 7.77. The first-order valence-electron chi connectivity index (χ1n) is 8.79. The monoisotopic (exact) mass is 393 g/mol. The molecule has 0 saturated heterocycles. The first-order chi connectivity index (χ1) is 12.9. The number of fused-ring (bicyclic) bond motifs is 1. The zero-order valence-electron chi connectivity index (χ0n) is 15.7. The van der Waals surface area contributed by atoms with Gasteiger partial charge in [-0.2, -0.15) is 0 Å². The van der Waals surface area contributed by atoms with Crippen LogP contribution in [0, 0.1) is 27.7 Å². The topological polar surface area (TPSA) is 37.8 Å².